The van der Waals surface area contributed by atoms with Gasteiger partial charge in [0.05, 0.1) is 7.11 Å². The Morgan fingerprint density at radius 3 is 2.38 bits per heavy atom. The van der Waals surface area contributed by atoms with E-state index < -0.39 is 0 Å². The lowest BCUT2D eigenvalue weighted by Gasteiger charge is -2.50. The van der Waals surface area contributed by atoms with E-state index in [1.54, 1.807) is 7.11 Å². The molecule has 0 atom stereocenters. The zero-order valence-corrected chi connectivity index (χ0v) is 20.4. The third-order valence-corrected chi connectivity index (χ3v) is 7.73. The first-order chi connectivity index (χ1) is 15.6. The molecule has 0 saturated carbocycles. The lowest BCUT2D eigenvalue weighted by Crippen LogP contribution is -2.63. The fraction of sp³-hybridized carbons (Fsp3) is 0.720. The molecule has 0 bridgehead atoms. The van der Waals surface area contributed by atoms with Crippen LogP contribution < -0.4 is 15.0 Å². The molecule has 3 saturated heterocycles. The van der Waals surface area contributed by atoms with Gasteiger partial charge in [-0.25, -0.2) is 0 Å². The fourth-order valence-electron chi connectivity index (χ4n) is 5.57. The van der Waals surface area contributed by atoms with Crippen molar-refractivity contribution < 1.29 is 4.74 Å². The molecule has 0 radical (unpaired) electrons. The Balaban J connectivity index is 1.35. The van der Waals surface area contributed by atoms with Crippen LogP contribution in [-0.2, 0) is 0 Å². The lowest BCUT2D eigenvalue weighted by atomic mass is 9.84. The maximum atomic E-state index is 5.40. The Bertz CT molecular complexity index is 747. The summed E-state index contributed by atoms with van der Waals surface area (Å²) in [5, 5.41) is 3.81. The van der Waals surface area contributed by atoms with Gasteiger partial charge in [-0.2, -0.15) is 0 Å². The molecule has 3 aliphatic rings. The summed E-state index contributed by atoms with van der Waals surface area (Å²) in [4.78, 5) is 14.8. The number of nitrogens with one attached hydrogen (secondary N) is 1. The number of guanidine groups is 1. The van der Waals surface area contributed by atoms with Crippen molar-refractivity contribution in [3.63, 3.8) is 0 Å². The van der Waals surface area contributed by atoms with Crippen molar-refractivity contribution in [1.29, 1.82) is 0 Å². The summed E-state index contributed by atoms with van der Waals surface area (Å²) in [6.45, 7) is 9.85. The highest BCUT2D eigenvalue weighted by Gasteiger charge is 2.40. The first-order valence-corrected chi connectivity index (χ1v) is 12.4. The number of benzene rings is 1. The number of aliphatic imine (C=N–C) groups is 1. The summed E-state index contributed by atoms with van der Waals surface area (Å²) in [6, 6.07) is 8.38. The fourth-order valence-corrected chi connectivity index (χ4v) is 5.57. The SMILES string of the molecule is CN=C(NCC1(N2CCCCC2)CCN(C)CC1)N1CCN(c2cccc(OC)c2)CC1. The Morgan fingerprint density at radius 2 is 1.72 bits per heavy atom. The Morgan fingerprint density at radius 1 is 1.00 bits per heavy atom. The molecule has 0 amide bonds. The summed E-state index contributed by atoms with van der Waals surface area (Å²) in [5.74, 6) is 1.98. The highest BCUT2D eigenvalue weighted by atomic mass is 16.5. The molecule has 4 rings (SSSR count). The number of rotatable bonds is 5. The monoisotopic (exact) mass is 442 g/mol. The molecule has 0 spiro atoms. The number of ether oxygens (including phenoxy) is 1. The summed E-state index contributed by atoms with van der Waals surface area (Å²) in [7, 11) is 5.92. The van der Waals surface area contributed by atoms with E-state index in [-0.39, 0.29) is 5.54 Å². The molecule has 178 valence electrons. The molecule has 1 aromatic rings. The van der Waals surface area contributed by atoms with E-state index in [4.69, 9.17) is 4.74 Å². The van der Waals surface area contributed by atoms with Crippen LogP contribution in [0, 0.1) is 0 Å². The van der Waals surface area contributed by atoms with Crippen molar-refractivity contribution >= 4 is 11.6 Å². The van der Waals surface area contributed by atoms with E-state index >= 15 is 0 Å². The standard InChI is InChI=1S/C25H42N6O/c1-26-24(30-18-16-29(17-19-30)22-8-7-9-23(20-22)32-3)27-21-25(10-14-28(2)15-11-25)31-12-5-4-6-13-31/h7-9,20H,4-6,10-19,21H2,1-3H3,(H,26,27). The van der Waals surface area contributed by atoms with Crippen LogP contribution in [0.1, 0.15) is 32.1 Å². The minimum absolute atomic E-state index is 0.269. The van der Waals surface area contributed by atoms with Gasteiger partial charge in [-0.1, -0.05) is 12.5 Å². The summed E-state index contributed by atoms with van der Waals surface area (Å²) < 4.78 is 5.40. The maximum Gasteiger partial charge on any atom is 0.193 e. The molecule has 3 aliphatic heterocycles. The van der Waals surface area contributed by atoms with Gasteiger partial charge in [0.2, 0.25) is 0 Å². The van der Waals surface area contributed by atoms with E-state index in [2.05, 4.69) is 55.2 Å². The molecule has 0 aromatic heterocycles. The van der Waals surface area contributed by atoms with Crippen molar-refractivity contribution in [3.8, 4) is 5.75 Å². The predicted octanol–water partition coefficient (Wildman–Crippen LogP) is 2.34. The van der Waals surface area contributed by atoms with Gasteiger partial charge >= 0.3 is 0 Å². The Hall–Kier alpha value is -1.99. The van der Waals surface area contributed by atoms with Crippen LogP contribution in [0.25, 0.3) is 0 Å². The maximum absolute atomic E-state index is 5.40. The van der Waals surface area contributed by atoms with Crippen LogP contribution in [0.3, 0.4) is 0 Å². The molecule has 1 N–H and O–H groups in total. The Kier molecular flexibility index (Phi) is 7.79. The van der Waals surface area contributed by atoms with E-state index in [0.29, 0.717) is 0 Å². The number of anilines is 1. The zero-order chi connectivity index (χ0) is 22.4. The quantitative estimate of drug-likeness (QED) is 0.558. The van der Waals surface area contributed by atoms with E-state index in [1.807, 2.05) is 13.1 Å². The van der Waals surface area contributed by atoms with Gasteiger partial charge in [0, 0.05) is 57.1 Å². The first-order valence-electron chi connectivity index (χ1n) is 12.4. The van der Waals surface area contributed by atoms with Gasteiger partial charge in [0.1, 0.15) is 5.75 Å². The van der Waals surface area contributed by atoms with Crippen molar-refractivity contribution in [2.24, 2.45) is 4.99 Å². The van der Waals surface area contributed by atoms with E-state index in [1.165, 1.54) is 64.0 Å². The molecule has 3 heterocycles. The normalized spacial score (nSPS) is 23.3. The molecular formula is C25H42N6O. The van der Waals surface area contributed by atoms with Gasteiger partial charge in [0.25, 0.3) is 0 Å². The number of nitrogens with zero attached hydrogens (tertiary/aromatic N) is 5. The summed E-state index contributed by atoms with van der Waals surface area (Å²) >= 11 is 0. The van der Waals surface area contributed by atoms with E-state index in [9.17, 15) is 0 Å². The van der Waals surface area contributed by atoms with Crippen molar-refractivity contribution in [3.05, 3.63) is 24.3 Å². The average molecular weight is 443 g/mol. The highest BCUT2D eigenvalue weighted by Crippen LogP contribution is 2.31. The average Bonchev–Trinajstić information content (AvgIpc) is 2.86. The van der Waals surface area contributed by atoms with Gasteiger partial charge in [-0.15, -0.1) is 0 Å². The third kappa shape index (κ3) is 5.31. The van der Waals surface area contributed by atoms with Crippen LogP contribution in [0.15, 0.2) is 29.3 Å². The van der Waals surface area contributed by atoms with Crippen LogP contribution >= 0.6 is 0 Å². The smallest absolute Gasteiger partial charge is 0.193 e. The number of methoxy groups -OCH3 is 1. The number of piperidine rings is 2. The second kappa shape index (κ2) is 10.8. The number of likely N-dealkylation sites (tertiary alicyclic amines) is 2. The summed E-state index contributed by atoms with van der Waals surface area (Å²) in [5.41, 5.74) is 1.51. The van der Waals surface area contributed by atoms with Gasteiger partial charge in [-0.05, 0) is 71.0 Å². The largest absolute Gasteiger partial charge is 0.497 e. The van der Waals surface area contributed by atoms with Crippen LogP contribution in [0.2, 0.25) is 0 Å². The molecule has 0 aliphatic carbocycles. The molecule has 7 nitrogen and oxygen atoms in total. The van der Waals surface area contributed by atoms with E-state index in [0.717, 1.165) is 44.4 Å². The highest BCUT2D eigenvalue weighted by molar-refractivity contribution is 5.80. The number of piperazine rings is 1. The van der Waals surface area contributed by atoms with Gasteiger partial charge in [-0.3, -0.25) is 9.89 Å². The van der Waals surface area contributed by atoms with Crippen molar-refractivity contribution in [2.45, 2.75) is 37.6 Å². The van der Waals surface area contributed by atoms with Crippen LogP contribution in [0.4, 0.5) is 5.69 Å². The first kappa shape index (κ1) is 23.2. The molecule has 7 heteroatoms. The second-order valence-electron chi connectivity index (χ2n) is 9.65. The molecular weight excluding hydrogens is 400 g/mol. The van der Waals surface area contributed by atoms with Crippen LogP contribution in [0.5, 0.6) is 5.75 Å². The van der Waals surface area contributed by atoms with Crippen molar-refractivity contribution in [2.75, 3.05) is 85.0 Å². The van der Waals surface area contributed by atoms with Crippen molar-refractivity contribution in [1.82, 2.24) is 20.0 Å². The minimum Gasteiger partial charge on any atom is -0.497 e. The van der Waals surface area contributed by atoms with Gasteiger partial charge < -0.3 is 24.8 Å². The predicted molar refractivity (Wildman–Crippen MR) is 133 cm³/mol. The molecule has 1 aromatic carbocycles. The molecule has 0 unspecified atom stereocenters. The minimum atomic E-state index is 0.269. The Labute approximate surface area is 194 Å². The number of hydrogen-bond acceptors (Lipinski definition) is 5. The number of hydrogen-bond donors (Lipinski definition) is 1. The summed E-state index contributed by atoms with van der Waals surface area (Å²) in [6.07, 6.45) is 6.57. The zero-order valence-electron chi connectivity index (χ0n) is 20.4. The lowest BCUT2D eigenvalue weighted by molar-refractivity contribution is 0.0169. The molecule has 3 fully saturated rings. The molecule has 32 heavy (non-hydrogen) atoms. The topological polar surface area (TPSA) is 46.6 Å². The van der Waals surface area contributed by atoms with Crippen LogP contribution in [-0.4, -0.2) is 106 Å². The van der Waals surface area contributed by atoms with Gasteiger partial charge in [0.15, 0.2) is 5.96 Å². The third-order valence-electron chi connectivity index (χ3n) is 7.73. The second-order valence-corrected chi connectivity index (χ2v) is 9.65.